The standard InChI is InChI=1S/C16H18BrNO3/c1-20-15-8-12(7-14(17)16(15)21-2)10-18-9-11-3-5-13(19)6-4-11/h3-8,18-19H,9-10H2,1-2H3. The zero-order valence-corrected chi connectivity index (χ0v) is 13.6. The number of phenols is 1. The van der Waals surface area contributed by atoms with Crippen molar-refractivity contribution in [2.45, 2.75) is 13.1 Å². The molecule has 0 atom stereocenters. The van der Waals surface area contributed by atoms with Crippen LogP contribution in [0.4, 0.5) is 0 Å². The molecule has 112 valence electrons. The lowest BCUT2D eigenvalue weighted by Crippen LogP contribution is -2.12. The zero-order valence-electron chi connectivity index (χ0n) is 12.0. The Kier molecular flexibility index (Phi) is 5.47. The van der Waals surface area contributed by atoms with Gasteiger partial charge in [-0.05, 0) is 51.3 Å². The minimum absolute atomic E-state index is 0.280. The van der Waals surface area contributed by atoms with Crippen LogP contribution < -0.4 is 14.8 Å². The fraction of sp³-hybridized carbons (Fsp3) is 0.250. The molecule has 4 nitrogen and oxygen atoms in total. The van der Waals surface area contributed by atoms with Gasteiger partial charge in [-0.15, -0.1) is 0 Å². The van der Waals surface area contributed by atoms with Crippen molar-refractivity contribution < 1.29 is 14.6 Å². The van der Waals surface area contributed by atoms with E-state index < -0.39 is 0 Å². The largest absolute Gasteiger partial charge is 0.508 e. The molecule has 0 aromatic heterocycles. The summed E-state index contributed by atoms with van der Waals surface area (Å²) in [5.74, 6) is 1.68. The summed E-state index contributed by atoms with van der Waals surface area (Å²) >= 11 is 3.48. The number of aromatic hydroxyl groups is 1. The van der Waals surface area contributed by atoms with Crippen LogP contribution in [0.15, 0.2) is 40.9 Å². The SMILES string of the molecule is COc1cc(CNCc2ccc(O)cc2)cc(Br)c1OC. The second-order valence-electron chi connectivity index (χ2n) is 4.58. The maximum absolute atomic E-state index is 9.25. The Labute approximate surface area is 132 Å². The molecule has 5 heteroatoms. The average molecular weight is 352 g/mol. The monoisotopic (exact) mass is 351 g/mol. The minimum atomic E-state index is 0.280. The summed E-state index contributed by atoms with van der Waals surface area (Å²) in [7, 11) is 3.24. The third-order valence-electron chi connectivity index (χ3n) is 3.09. The van der Waals surface area contributed by atoms with Gasteiger partial charge in [-0.25, -0.2) is 0 Å². The fourth-order valence-corrected chi connectivity index (χ4v) is 2.69. The molecule has 0 bridgehead atoms. The second kappa shape index (κ2) is 7.33. The lowest BCUT2D eigenvalue weighted by Gasteiger charge is -2.12. The van der Waals surface area contributed by atoms with Crippen molar-refractivity contribution in [1.82, 2.24) is 5.32 Å². The Bertz CT molecular complexity index is 599. The molecule has 0 saturated carbocycles. The Morgan fingerprint density at radius 3 is 2.29 bits per heavy atom. The van der Waals surface area contributed by atoms with E-state index >= 15 is 0 Å². The van der Waals surface area contributed by atoms with Gasteiger partial charge < -0.3 is 19.9 Å². The topological polar surface area (TPSA) is 50.7 Å². The molecule has 2 aromatic rings. The quantitative estimate of drug-likeness (QED) is 0.836. The Morgan fingerprint density at radius 2 is 1.67 bits per heavy atom. The van der Waals surface area contributed by atoms with E-state index in [1.54, 1.807) is 26.4 Å². The number of halogens is 1. The molecule has 0 aliphatic rings. The van der Waals surface area contributed by atoms with Crippen molar-refractivity contribution in [3.05, 3.63) is 52.0 Å². The summed E-state index contributed by atoms with van der Waals surface area (Å²) in [6.07, 6.45) is 0. The fourth-order valence-electron chi connectivity index (χ4n) is 2.04. The molecule has 2 N–H and O–H groups in total. The van der Waals surface area contributed by atoms with E-state index in [0.29, 0.717) is 18.0 Å². The van der Waals surface area contributed by atoms with E-state index in [-0.39, 0.29) is 5.75 Å². The van der Waals surface area contributed by atoms with Gasteiger partial charge in [0.1, 0.15) is 5.75 Å². The summed E-state index contributed by atoms with van der Waals surface area (Å²) in [5.41, 5.74) is 2.21. The molecule has 0 amide bonds. The first-order valence-electron chi connectivity index (χ1n) is 6.53. The van der Waals surface area contributed by atoms with Crippen LogP contribution in [0.2, 0.25) is 0 Å². The van der Waals surface area contributed by atoms with Gasteiger partial charge in [-0.3, -0.25) is 0 Å². The van der Waals surface area contributed by atoms with Gasteiger partial charge in [0.05, 0.1) is 18.7 Å². The van der Waals surface area contributed by atoms with Crippen LogP contribution in [0.5, 0.6) is 17.2 Å². The highest BCUT2D eigenvalue weighted by Gasteiger charge is 2.10. The predicted molar refractivity (Wildman–Crippen MR) is 85.9 cm³/mol. The van der Waals surface area contributed by atoms with E-state index in [0.717, 1.165) is 22.1 Å². The maximum Gasteiger partial charge on any atom is 0.174 e. The van der Waals surface area contributed by atoms with Crippen molar-refractivity contribution in [1.29, 1.82) is 0 Å². The summed E-state index contributed by atoms with van der Waals surface area (Å²) < 4.78 is 11.5. The van der Waals surface area contributed by atoms with Crippen molar-refractivity contribution in [2.24, 2.45) is 0 Å². The third-order valence-corrected chi connectivity index (χ3v) is 3.68. The smallest absolute Gasteiger partial charge is 0.174 e. The molecule has 0 aliphatic carbocycles. The number of rotatable bonds is 6. The van der Waals surface area contributed by atoms with Crippen molar-refractivity contribution in [2.75, 3.05) is 14.2 Å². The van der Waals surface area contributed by atoms with Gasteiger partial charge in [-0.1, -0.05) is 12.1 Å². The summed E-state index contributed by atoms with van der Waals surface area (Å²) in [6.45, 7) is 1.44. The minimum Gasteiger partial charge on any atom is -0.508 e. The maximum atomic E-state index is 9.25. The van der Waals surface area contributed by atoms with Gasteiger partial charge >= 0.3 is 0 Å². The second-order valence-corrected chi connectivity index (χ2v) is 5.44. The molecule has 2 aromatic carbocycles. The Balaban J connectivity index is 2.00. The van der Waals surface area contributed by atoms with Gasteiger partial charge in [-0.2, -0.15) is 0 Å². The number of benzene rings is 2. The normalized spacial score (nSPS) is 10.4. The molecule has 0 heterocycles. The molecule has 2 rings (SSSR count). The number of hydrogen-bond acceptors (Lipinski definition) is 4. The third kappa shape index (κ3) is 4.12. The van der Waals surface area contributed by atoms with Gasteiger partial charge in [0.25, 0.3) is 0 Å². The van der Waals surface area contributed by atoms with Crippen LogP contribution >= 0.6 is 15.9 Å². The van der Waals surface area contributed by atoms with E-state index in [9.17, 15) is 5.11 Å². The Hall–Kier alpha value is -1.72. The van der Waals surface area contributed by atoms with E-state index in [4.69, 9.17) is 9.47 Å². The van der Waals surface area contributed by atoms with Crippen LogP contribution in [-0.2, 0) is 13.1 Å². The van der Waals surface area contributed by atoms with Crippen molar-refractivity contribution in [3.8, 4) is 17.2 Å². The predicted octanol–water partition coefficient (Wildman–Crippen LogP) is 3.46. The number of ether oxygens (including phenoxy) is 2. The first-order chi connectivity index (χ1) is 10.1. The first kappa shape index (κ1) is 15.7. The van der Waals surface area contributed by atoms with Crippen LogP contribution in [0.1, 0.15) is 11.1 Å². The molecular weight excluding hydrogens is 334 g/mol. The lowest BCUT2D eigenvalue weighted by atomic mass is 10.2. The molecule has 0 aliphatic heterocycles. The highest BCUT2D eigenvalue weighted by molar-refractivity contribution is 9.10. The number of nitrogens with one attached hydrogen (secondary N) is 1. The van der Waals surface area contributed by atoms with E-state index in [1.807, 2.05) is 24.3 Å². The number of phenolic OH excluding ortho intramolecular Hbond substituents is 1. The number of hydrogen-bond donors (Lipinski definition) is 2. The highest BCUT2D eigenvalue weighted by atomic mass is 79.9. The summed E-state index contributed by atoms with van der Waals surface area (Å²) in [6, 6.07) is 11.1. The van der Waals surface area contributed by atoms with Crippen LogP contribution in [0.3, 0.4) is 0 Å². The Morgan fingerprint density at radius 1 is 1.00 bits per heavy atom. The van der Waals surface area contributed by atoms with Crippen molar-refractivity contribution in [3.63, 3.8) is 0 Å². The highest BCUT2D eigenvalue weighted by Crippen LogP contribution is 2.36. The molecule has 0 spiro atoms. The van der Waals surface area contributed by atoms with Crippen LogP contribution in [0.25, 0.3) is 0 Å². The molecule has 0 radical (unpaired) electrons. The van der Waals surface area contributed by atoms with Gasteiger partial charge in [0.2, 0.25) is 0 Å². The molecule has 21 heavy (non-hydrogen) atoms. The van der Waals surface area contributed by atoms with Crippen LogP contribution in [-0.4, -0.2) is 19.3 Å². The lowest BCUT2D eigenvalue weighted by molar-refractivity contribution is 0.352. The molecule has 0 unspecified atom stereocenters. The summed E-state index contributed by atoms with van der Waals surface area (Å²) in [4.78, 5) is 0. The van der Waals surface area contributed by atoms with Crippen LogP contribution in [0, 0.1) is 0 Å². The molecular formula is C16H18BrNO3. The average Bonchev–Trinajstić information content (AvgIpc) is 2.48. The molecule has 0 fully saturated rings. The zero-order chi connectivity index (χ0) is 15.2. The van der Waals surface area contributed by atoms with E-state index in [2.05, 4.69) is 21.2 Å². The summed E-state index contributed by atoms with van der Waals surface area (Å²) in [5, 5.41) is 12.6. The molecule has 0 saturated heterocycles. The number of methoxy groups -OCH3 is 2. The van der Waals surface area contributed by atoms with Gasteiger partial charge in [0, 0.05) is 13.1 Å². The van der Waals surface area contributed by atoms with Crippen molar-refractivity contribution >= 4 is 15.9 Å². The van der Waals surface area contributed by atoms with Gasteiger partial charge in [0.15, 0.2) is 11.5 Å². The van der Waals surface area contributed by atoms with E-state index in [1.165, 1.54) is 0 Å². The first-order valence-corrected chi connectivity index (χ1v) is 7.32.